The molecule has 0 aromatic heterocycles. The van der Waals surface area contributed by atoms with E-state index in [-0.39, 0.29) is 42.0 Å². The van der Waals surface area contributed by atoms with Crippen LogP contribution in [0.15, 0.2) is 24.3 Å². The smallest absolute Gasteiger partial charge is 0.315 e. The van der Waals surface area contributed by atoms with Crippen molar-refractivity contribution in [2.24, 2.45) is 5.41 Å². The Morgan fingerprint density at radius 1 is 1.06 bits per heavy atom. The molecule has 4 aliphatic rings. The number of benzene rings is 1. The Hall–Kier alpha value is -2.42. The SMILES string of the molecule is Cc1ccccc1OCC(=O)N1CCC2(CC1)CCN(C(=O)CCCC[C@@H]1SC[C@@H]3NC(=O)N[C@@H]31)C2. The fraction of sp³-hybridized carbons (Fsp3) is 0.667. The van der Waals surface area contributed by atoms with Crippen LogP contribution in [0.5, 0.6) is 5.75 Å². The summed E-state index contributed by atoms with van der Waals surface area (Å²) >= 11 is 1.93. The van der Waals surface area contributed by atoms with E-state index in [1.54, 1.807) is 0 Å². The molecule has 196 valence electrons. The van der Waals surface area contributed by atoms with Gasteiger partial charge in [0.25, 0.3) is 5.91 Å². The van der Waals surface area contributed by atoms with E-state index in [1.807, 2.05) is 47.9 Å². The number of hydrogen-bond acceptors (Lipinski definition) is 5. The van der Waals surface area contributed by atoms with Crippen LogP contribution in [0.2, 0.25) is 0 Å². The topological polar surface area (TPSA) is 91.0 Å². The zero-order valence-corrected chi connectivity index (χ0v) is 22.0. The number of carbonyl (C=O) groups is 3. The molecule has 8 nitrogen and oxygen atoms in total. The number of amides is 4. The number of para-hydroxylation sites is 1. The van der Waals surface area contributed by atoms with Gasteiger partial charge in [-0.3, -0.25) is 9.59 Å². The maximum absolute atomic E-state index is 12.9. The first-order chi connectivity index (χ1) is 17.4. The third-order valence-corrected chi connectivity index (χ3v) is 9.99. The van der Waals surface area contributed by atoms with E-state index in [2.05, 4.69) is 15.5 Å². The summed E-state index contributed by atoms with van der Waals surface area (Å²) in [5, 5.41) is 6.48. The molecular formula is C27H38N4O4S. The van der Waals surface area contributed by atoms with Gasteiger partial charge in [-0.05, 0) is 56.1 Å². The summed E-state index contributed by atoms with van der Waals surface area (Å²) in [6, 6.07) is 8.22. The fourth-order valence-electron chi connectivity index (χ4n) is 6.16. The lowest BCUT2D eigenvalue weighted by Crippen LogP contribution is -2.46. The average molecular weight is 515 g/mol. The quantitative estimate of drug-likeness (QED) is 0.411. The van der Waals surface area contributed by atoms with Crippen molar-refractivity contribution in [3.05, 3.63) is 29.8 Å². The summed E-state index contributed by atoms with van der Waals surface area (Å²) in [4.78, 5) is 41.1. The van der Waals surface area contributed by atoms with Crippen LogP contribution >= 0.6 is 11.8 Å². The summed E-state index contributed by atoms with van der Waals surface area (Å²) in [6.45, 7) is 5.20. The Morgan fingerprint density at radius 3 is 2.58 bits per heavy atom. The van der Waals surface area contributed by atoms with E-state index in [4.69, 9.17) is 4.74 Å². The molecule has 2 N–H and O–H groups in total. The van der Waals surface area contributed by atoms with Gasteiger partial charge >= 0.3 is 6.03 Å². The largest absolute Gasteiger partial charge is 0.484 e. The van der Waals surface area contributed by atoms with E-state index in [0.29, 0.717) is 11.7 Å². The molecular weight excluding hydrogens is 476 g/mol. The Bertz CT molecular complexity index is 980. The van der Waals surface area contributed by atoms with Crippen LogP contribution in [0.4, 0.5) is 4.79 Å². The summed E-state index contributed by atoms with van der Waals surface area (Å²) < 4.78 is 5.75. The molecule has 4 aliphatic heterocycles. The van der Waals surface area contributed by atoms with Gasteiger partial charge in [0.05, 0.1) is 12.1 Å². The maximum atomic E-state index is 12.9. The van der Waals surface area contributed by atoms with Crippen molar-refractivity contribution in [1.82, 2.24) is 20.4 Å². The predicted molar refractivity (Wildman–Crippen MR) is 140 cm³/mol. The highest BCUT2D eigenvalue weighted by Gasteiger charge is 2.44. The number of nitrogens with one attached hydrogen (secondary N) is 2. The van der Waals surface area contributed by atoms with Gasteiger partial charge in [0.2, 0.25) is 5.91 Å². The molecule has 1 aromatic carbocycles. The molecule has 0 saturated carbocycles. The van der Waals surface area contributed by atoms with E-state index < -0.39 is 0 Å². The minimum absolute atomic E-state index is 0.0405. The standard InChI is InChI=1S/C27H38N4O4S/c1-19-6-2-3-7-21(19)35-16-24(33)30-13-10-27(11-14-30)12-15-31(18-27)23(32)9-5-4-8-22-25-20(17-36-22)28-26(34)29-25/h2-3,6-7,20,22,25H,4-5,8-18H2,1H3,(H2,28,29,34)/t20-,22-,25-/m0/s1. The summed E-state index contributed by atoms with van der Waals surface area (Å²) in [5.74, 6) is 2.05. The van der Waals surface area contributed by atoms with Crippen molar-refractivity contribution in [2.75, 3.05) is 38.5 Å². The first-order valence-electron chi connectivity index (χ1n) is 13.4. The number of aryl methyl sites for hydroxylation is 1. The number of thioether (sulfide) groups is 1. The summed E-state index contributed by atoms with van der Waals surface area (Å²) in [7, 11) is 0. The number of likely N-dealkylation sites (tertiary alicyclic amines) is 2. The van der Waals surface area contributed by atoms with Crippen LogP contribution in [0.25, 0.3) is 0 Å². The second-order valence-electron chi connectivity index (χ2n) is 10.9. The van der Waals surface area contributed by atoms with Gasteiger partial charge in [-0.1, -0.05) is 24.6 Å². The van der Waals surface area contributed by atoms with Crippen molar-refractivity contribution < 1.29 is 19.1 Å². The first kappa shape index (κ1) is 25.2. The number of rotatable bonds is 8. The summed E-state index contributed by atoms with van der Waals surface area (Å²) in [6.07, 6.45) is 6.51. The van der Waals surface area contributed by atoms with E-state index in [9.17, 15) is 14.4 Å². The summed E-state index contributed by atoms with van der Waals surface area (Å²) in [5.41, 5.74) is 1.19. The fourth-order valence-corrected chi connectivity index (χ4v) is 7.70. The molecule has 36 heavy (non-hydrogen) atoms. The van der Waals surface area contributed by atoms with Crippen LogP contribution in [0.1, 0.15) is 50.5 Å². The second kappa shape index (κ2) is 10.9. The van der Waals surface area contributed by atoms with Gasteiger partial charge in [0.1, 0.15) is 5.75 Å². The molecule has 0 bridgehead atoms. The Labute approximate surface area is 217 Å². The number of hydrogen-bond donors (Lipinski definition) is 2. The molecule has 1 aromatic rings. The zero-order chi connectivity index (χ0) is 25.1. The van der Waals surface area contributed by atoms with Crippen molar-refractivity contribution in [2.45, 2.75) is 69.2 Å². The molecule has 4 amide bonds. The predicted octanol–water partition coefficient (Wildman–Crippen LogP) is 2.94. The highest BCUT2D eigenvalue weighted by molar-refractivity contribution is 8.00. The number of piperidine rings is 1. The lowest BCUT2D eigenvalue weighted by molar-refractivity contribution is -0.136. The van der Waals surface area contributed by atoms with Gasteiger partial charge in [-0.15, -0.1) is 0 Å². The van der Waals surface area contributed by atoms with Gasteiger partial charge in [-0.25, -0.2) is 4.79 Å². The van der Waals surface area contributed by atoms with Gasteiger partial charge < -0.3 is 25.2 Å². The highest BCUT2D eigenvalue weighted by Crippen LogP contribution is 2.41. The number of unbranched alkanes of at least 4 members (excludes halogenated alkanes) is 1. The van der Waals surface area contributed by atoms with Crippen molar-refractivity contribution in [3.63, 3.8) is 0 Å². The molecule has 0 radical (unpaired) electrons. The lowest BCUT2D eigenvalue weighted by atomic mass is 9.78. The van der Waals surface area contributed by atoms with Crippen LogP contribution < -0.4 is 15.4 Å². The maximum Gasteiger partial charge on any atom is 0.315 e. The molecule has 9 heteroatoms. The lowest BCUT2D eigenvalue weighted by Gasteiger charge is -2.39. The second-order valence-corrected chi connectivity index (χ2v) is 12.1. The number of ether oxygens (including phenoxy) is 1. The number of carbonyl (C=O) groups excluding carboxylic acids is 3. The molecule has 4 fully saturated rings. The normalized spacial score (nSPS) is 26.6. The minimum atomic E-state index is -0.0424. The monoisotopic (exact) mass is 514 g/mol. The highest BCUT2D eigenvalue weighted by atomic mass is 32.2. The Balaban J connectivity index is 0.996. The molecule has 5 rings (SSSR count). The van der Waals surface area contributed by atoms with Crippen LogP contribution in [-0.2, 0) is 9.59 Å². The Morgan fingerprint density at radius 2 is 1.81 bits per heavy atom. The van der Waals surface area contributed by atoms with E-state index in [1.165, 1.54) is 0 Å². The average Bonchev–Trinajstić information content (AvgIpc) is 3.56. The first-order valence-corrected chi connectivity index (χ1v) is 14.4. The van der Waals surface area contributed by atoms with Crippen molar-refractivity contribution in [3.8, 4) is 5.75 Å². The molecule has 3 atom stereocenters. The van der Waals surface area contributed by atoms with Gasteiger partial charge in [-0.2, -0.15) is 11.8 Å². The van der Waals surface area contributed by atoms with Crippen LogP contribution in [0, 0.1) is 12.3 Å². The van der Waals surface area contributed by atoms with Crippen molar-refractivity contribution in [1.29, 1.82) is 0 Å². The molecule has 4 heterocycles. The van der Waals surface area contributed by atoms with Crippen LogP contribution in [-0.4, -0.2) is 83.5 Å². The van der Waals surface area contributed by atoms with Crippen molar-refractivity contribution >= 4 is 29.6 Å². The number of nitrogens with zero attached hydrogens (tertiary/aromatic N) is 2. The molecule has 1 spiro atoms. The molecule has 0 unspecified atom stereocenters. The molecule has 4 saturated heterocycles. The Kier molecular flexibility index (Phi) is 7.65. The minimum Gasteiger partial charge on any atom is -0.484 e. The third-order valence-electron chi connectivity index (χ3n) is 8.48. The number of urea groups is 1. The van der Waals surface area contributed by atoms with Crippen LogP contribution in [0.3, 0.4) is 0 Å². The zero-order valence-electron chi connectivity index (χ0n) is 21.2. The third kappa shape index (κ3) is 5.61. The van der Waals surface area contributed by atoms with E-state index >= 15 is 0 Å². The number of fused-ring (bicyclic) bond motifs is 1. The van der Waals surface area contributed by atoms with E-state index in [0.717, 1.165) is 81.8 Å². The van der Waals surface area contributed by atoms with Gasteiger partial charge in [0.15, 0.2) is 6.61 Å². The van der Waals surface area contributed by atoms with Gasteiger partial charge in [0, 0.05) is 43.6 Å². The molecule has 0 aliphatic carbocycles.